The first-order valence-electron chi connectivity index (χ1n) is 16.3. The van der Waals surface area contributed by atoms with E-state index in [1.165, 1.54) is 44.3 Å². The molecule has 3 atom stereocenters. The van der Waals surface area contributed by atoms with Gasteiger partial charge in [-0.25, -0.2) is 9.98 Å². The molecule has 2 aliphatic heterocycles. The van der Waals surface area contributed by atoms with Crippen molar-refractivity contribution < 1.29 is 0 Å². The van der Waals surface area contributed by atoms with Crippen molar-refractivity contribution in [1.29, 1.82) is 0 Å². The number of aliphatic imine (C=N–C) groups is 2. The first-order valence-corrected chi connectivity index (χ1v) is 16.3. The minimum atomic E-state index is -0.341. The van der Waals surface area contributed by atoms with Gasteiger partial charge in [0.1, 0.15) is 5.84 Å². The van der Waals surface area contributed by atoms with Gasteiger partial charge in [-0.05, 0) is 48.6 Å². The van der Waals surface area contributed by atoms with Crippen LogP contribution in [0.25, 0.3) is 27.4 Å². The van der Waals surface area contributed by atoms with Gasteiger partial charge in [0.2, 0.25) is 6.29 Å². The van der Waals surface area contributed by atoms with E-state index in [0.717, 1.165) is 35.6 Å². The fourth-order valence-electron chi connectivity index (χ4n) is 7.72. The van der Waals surface area contributed by atoms with Gasteiger partial charge in [-0.2, -0.15) is 0 Å². The number of allylic oxidation sites excluding steroid dienone is 4. The molecule has 224 valence electrons. The number of aromatic nitrogens is 1. The minimum Gasteiger partial charge on any atom is -0.333 e. The third-order valence-electron chi connectivity index (χ3n) is 9.80. The molecule has 4 aromatic carbocycles. The second kappa shape index (κ2) is 10.6. The fourth-order valence-corrected chi connectivity index (χ4v) is 7.72. The summed E-state index contributed by atoms with van der Waals surface area (Å²) >= 11 is 0. The number of nitrogens with zero attached hydrogens (tertiary/aromatic N) is 5. The van der Waals surface area contributed by atoms with Gasteiger partial charge >= 0.3 is 0 Å². The highest BCUT2D eigenvalue weighted by Gasteiger charge is 2.39. The first kappa shape index (κ1) is 26.9. The van der Waals surface area contributed by atoms with E-state index in [-0.39, 0.29) is 12.3 Å². The summed E-state index contributed by atoms with van der Waals surface area (Å²) in [5.41, 5.74) is 9.68. The van der Waals surface area contributed by atoms with Gasteiger partial charge in [0.25, 0.3) is 0 Å². The molecule has 4 aliphatic rings. The lowest BCUT2D eigenvalue weighted by molar-refractivity contribution is 0.297. The first-order chi connectivity index (χ1) is 22.7. The van der Waals surface area contributed by atoms with E-state index in [0.29, 0.717) is 5.92 Å². The number of fused-ring (bicyclic) bond motifs is 7. The monoisotopic (exact) mass is 597 g/mol. The normalized spacial score (nSPS) is 22.0. The molecule has 5 nitrogen and oxygen atoms in total. The van der Waals surface area contributed by atoms with Crippen LogP contribution in [0.15, 0.2) is 149 Å². The molecule has 0 radical (unpaired) electrons. The van der Waals surface area contributed by atoms with E-state index in [1.54, 1.807) is 0 Å². The van der Waals surface area contributed by atoms with Gasteiger partial charge in [-0.1, -0.05) is 116 Å². The number of amidine groups is 2. The van der Waals surface area contributed by atoms with Crippen molar-refractivity contribution in [1.82, 2.24) is 9.47 Å². The highest BCUT2D eigenvalue weighted by molar-refractivity contribution is 6.17. The maximum Gasteiger partial charge on any atom is 0.206 e. The SMILES string of the molecule is CC1C=C(C2=NC(c3ccccc3)=NC(n3c4ccccc4c4ccc5c(c43)C3=CC=CCC3N5c3ccccc3)N2C)C=CC1. The van der Waals surface area contributed by atoms with Crippen molar-refractivity contribution >= 4 is 50.4 Å². The van der Waals surface area contributed by atoms with Crippen LogP contribution in [0.3, 0.4) is 0 Å². The molecule has 46 heavy (non-hydrogen) atoms. The predicted octanol–water partition coefficient (Wildman–Crippen LogP) is 9.43. The van der Waals surface area contributed by atoms with Crippen molar-refractivity contribution in [3.63, 3.8) is 0 Å². The molecule has 2 aliphatic carbocycles. The molecule has 0 N–H and O–H groups in total. The molecular formula is C41H35N5. The third kappa shape index (κ3) is 4.08. The maximum atomic E-state index is 5.47. The molecule has 0 fully saturated rings. The van der Waals surface area contributed by atoms with Crippen LogP contribution in [0.2, 0.25) is 0 Å². The molecule has 5 aromatic rings. The Morgan fingerprint density at radius 1 is 0.783 bits per heavy atom. The third-order valence-corrected chi connectivity index (χ3v) is 9.80. The van der Waals surface area contributed by atoms with Gasteiger partial charge in [-0.15, -0.1) is 0 Å². The van der Waals surface area contributed by atoms with E-state index in [9.17, 15) is 0 Å². The van der Waals surface area contributed by atoms with Crippen LogP contribution in [0, 0.1) is 5.92 Å². The molecule has 3 unspecified atom stereocenters. The van der Waals surface area contributed by atoms with Crippen LogP contribution in [-0.2, 0) is 0 Å². The number of rotatable bonds is 4. The Balaban J connectivity index is 1.34. The van der Waals surface area contributed by atoms with Gasteiger partial charge in [-0.3, -0.25) is 4.57 Å². The number of para-hydroxylation sites is 2. The zero-order chi connectivity index (χ0) is 30.8. The molecule has 3 heterocycles. The zero-order valence-electron chi connectivity index (χ0n) is 26.1. The van der Waals surface area contributed by atoms with Crippen LogP contribution in [0.4, 0.5) is 11.4 Å². The molecule has 9 rings (SSSR count). The Kier molecular flexibility index (Phi) is 6.20. The number of likely N-dealkylation sites (N-methyl/N-ethyl adjacent to an activating group) is 1. The standard InChI is InChI=1S/C41H35N5/c1-27-14-13-17-29(26-27)40-42-39(28-15-5-3-6-16-28)43-41(44(40)2)46-34-22-11-9-20-31(34)32-24-25-36-37(38(32)46)33-21-10-12-23-35(33)45(36)30-18-7-4-8-19-30/h3-13,15-22,24-27,35,41H,14,23H2,1-2H3. The van der Waals surface area contributed by atoms with Crippen molar-refractivity contribution in [2.45, 2.75) is 32.1 Å². The van der Waals surface area contributed by atoms with Crippen LogP contribution in [0.5, 0.6) is 0 Å². The Labute approximate surface area is 269 Å². The van der Waals surface area contributed by atoms with E-state index in [2.05, 4.69) is 156 Å². The Hall–Kier alpha value is -5.42. The molecule has 0 amide bonds. The lowest BCUT2D eigenvalue weighted by Crippen LogP contribution is -2.39. The van der Waals surface area contributed by atoms with Crippen LogP contribution < -0.4 is 4.90 Å². The number of hydrogen-bond donors (Lipinski definition) is 0. The summed E-state index contributed by atoms with van der Waals surface area (Å²) < 4.78 is 2.47. The number of benzene rings is 4. The number of anilines is 2. The predicted molar refractivity (Wildman–Crippen MR) is 192 cm³/mol. The maximum absolute atomic E-state index is 5.47. The fraction of sp³-hybridized carbons (Fsp3) is 0.171. The summed E-state index contributed by atoms with van der Waals surface area (Å²) in [4.78, 5) is 15.5. The van der Waals surface area contributed by atoms with Crippen LogP contribution in [0.1, 0.15) is 37.2 Å². The second-order valence-corrected chi connectivity index (χ2v) is 12.7. The highest BCUT2D eigenvalue weighted by atomic mass is 15.4. The smallest absolute Gasteiger partial charge is 0.206 e. The van der Waals surface area contributed by atoms with Crippen molar-refractivity contribution in [2.75, 3.05) is 11.9 Å². The summed E-state index contributed by atoms with van der Waals surface area (Å²) in [5.74, 6) is 2.16. The highest BCUT2D eigenvalue weighted by Crippen LogP contribution is 2.52. The average molecular weight is 598 g/mol. The quantitative estimate of drug-likeness (QED) is 0.207. The summed E-state index contributed by atoms with van der Waals surface area (Å²) in [7, 11) is 2.15. The summed E-state index contributed by atoms with van der Waals surface area (Å²) in [5, 5.41) is 2.49. The summed E-state index contributed by atoms with van der Waals surface area (Å²) in [6.07, 6.45) is 15.4. The van der Waals surface area contributed by atoms with Gasteiger partial charge < -0.3 is 9.80 Å². The zero-order valence-corrected chi connectivity index (χ0v) is 26.1. The minimum absolute atomic E-state index is 0.239. The largest absolute Gasteiger partial charge is 0.333 e. The van der Waals surface area contributed by atoms with Gasteiger partial charge in [0, 0.05) is 40.2 Å². The van der Waals surface area contributed by atoms with Crippen molar-refractivity contribution in [3.05, 3.63) is 150 Å². The summed E-state index contributed by atoms with van der Waals surface area (Å²) in [6.45, 7) is 2.27. The van der Waals surface area contributed by atoms with E-state index >= 15 is 0 Å². The lowest BCUT2D eigenvalue weighted by atomic mass is 9.94. The second-order valence-electron chi connectivity index (χ2n) is 12.7. The molecule has 5 heteroatoms. The Bertz CT molecular complexity index is 2200. The van der Waals surface area contributed by atoms with E-state index in [4.69, 9.17) is 9.98 Å². The topological polar surface area (TPSA) is 36.1 Å². The van der Waals surface area contributed by atoms with Gasteiger partial charge in [0.15, 0.2) is 5.84 Å². The Morgan fingerprint density at radius 2 is 1.57 bits per heavy atom. The lowest BCUT2D eigenvalue weighted by Gasteiger charge is -2.35. The van der Waals surface area contributed by atoms with E-state index < -0.39 is 0 Å². The van der Waals surface area contributed by atoms with Crippen LogP contribution in [-0.4, -0.2) is 34.2 Å². The molecule has 0 saturated heterocycles. The van der Waals surface area contributed by atoms with Crippen molar-refractivity contribution in [2.24, 2.45) is 15.9 Å². The van der Waals surface area contributed by atoms with Gasteiger partial charge in [0.05, 0.1) is 22.8 Å². The molecular weight excluding hydrogens is 562 g/mol. The average Bonchev–Trinajstić information content (AvgIpc) is 3.62. The molecule has 0 bridgehead atoms. The van der Waals surface area contributed by atoms with Crippen LogP contribution >= 0.6 is 0 Å². The van der Waals surface area contributed by atoms with E-state index in [1.807, 2.05) is 6.07 Å². The summed E-state index contributed by atoms with van der Waals surface area (Å²) in [6, 6.07) is 34.9. The molecule has 0 saturated carbocycles. The molecule has 1 aromatic heterocycles. The number of hydrogen-bond acceptors (Lipinski definition) is 4. The van der Waals surface area contributed by atoms with Crippen molar-refractivity contribution in [3.8, 4) is 0 Å². The Morgan fingerprint density at radius 3 is 2.39 bits per heavy atom. The molecule has 0 spiro atoms.